The SMILES string of the molecule is CCCCCc1c(CCCCC)c(CCCCC)c(CCCCC)c(CCCCC)c1CCCCC. The molecule has 0 unspecified atom stereocenters. The predicted molar refractivity (Wildman–Crippen MR) is 166 cm³/mol. The summed E-state index contributed by atoms with van der Waals surface area (Å²) >= 11 is 0. The molecule has 0 heteroatoms. The summed E-state index contributed by atoms with van der Waals surface area (Å²) in [5, 5.41) is 0. The number of rotatable bonds is 24. The molecule has 0 amide bonds. The number of unbranched alkanes of at least 4 members (excludes halogenated alkanes) is 12. The highest BCUT2D eigenvalue weighted by atomic mass is 14.3. The Hall–Kier alpha value is -0.780. The van der Waals surface area contributed by atoms with Crippen molar-refractivity contribution in [2.75, 3.05) is 0 Å². The molecule has 210 valence electrons. The highest BCUT2D eigenvalue weighted by Gasteiger charge is 2.22. The molecule has 0 aliphatic carbocycles. The molecule has 0 aliphatic rings. The number of hydrogen-bond donors (Lipinski definition) is 0. The highest BCUT2D eigenvalue weighted by molar-refractivity contribution is 5.53. The van der Waals surface area contributed by atoms with Crippen molar-refractivity contribution in [3.8, 4) is 0 Å². The lowest BCUT2D eigenvalue weighted by Gasteiger charge is -2.28. The fraction of sp³-hybridized carbons (Fsp3) is 0.833. The van der Waals surface area contributed by atoms with Gasteiger partial charge in [0.1, 0.15) is 0 Å². The third-order valence-corrected chi connectivity index (χ3v) is 8.37. The van der Waals surface area contributed by atoms with E-state index in [0.29, 0.717) is 0 Å². The topological polar surface area (TPSA) is 0 Å². The maximum atomic E-state index is 2.37. The van der Waals surface area contributed by atoms with Gasteiger partial charge in [0.05, 0.1) is 0 Å². The second-order valence-electron chi connectivity index (χ2n) is 11.6. The lowest BCUT2D eigenvalue weighted by Crippen LogP contribution is -2.15. The van der Waals surface area contributed by atoms with Crippen LogP contribution in [0.5, 0.6) is 0 Å². The molecule has 1 aromatic rings. The lowest BCUT2D eigenvalue weighted by molar-refractivity contribution is 0.641. The van der Waals surface area contributed by atoms with E-state index in [4.69, 9.17) is 0 Å². The molecule has 1 rings (SSSR count). The van der Waals surface area contributed by atoms with Gasteiger partial charge in [-0.1, -0.05) is 119 Å². The highest BCUT2D eigenvalue weighted by Crippen LogP contribution is 2.36. The molecule has 36 heavy (non-hydrogen) atoms. The Morgan fingerprint density at radius 2 is 0.361 bits per heavy atom. The molecular weight excluding hydrogens is 432 g/mol. The Balaban J connectivity index is 3.74. The zero-order chi connectivity index (χ0) is 26.4. The van der Waals surface area contributed by atoms with E-state index in [1.54, 1.807) is 0 Å². The fourth-order valence-electron chi connectivity index (χ4n) is 6.21. The first-order valence-electron chi connectivity index (χ1n) is 16.9. The van der Waals surface area contributed by atoms with E-state index < -0.39 is 0 Å². The molecule has 0 bridgehead atoms. The molecule has 0 atom stereocenters. The maximum Gasteiger partial charge on any atom is -0.0273 e. The van der Waals surface area contributed by atoms with E-state index in [0.717, 1.165) is 0 Å². The average molecular weight is 499 g/mol. The summed E-state index contributed by atoms with van der Waals surface area (Å²) in [7, 11) is 0. The van der Waals surface area contributed by atoms with Crippen molar-refractivity contribution in [2.45, 2.75) is 196 Å². The Morgan fingerprint density at radius 1 is 0.222 bits per heavy atom. The van der Waals surface area contributed by atoms with E-state index in [-0.39, 0.29) is 0 Å². The zero-order valence-corrected chi connectivity index (χ0v) is 26.0. The van der Waals surface area contributed by atoms with Crippen molar-refractivity contribution in [3.05, 3.63) is 33.4 Å². The minimum absolute atomic E-state index is 1.33. The minimum Gasteiger partial charge on any atom is -0.0654 e. The summed E-state index contributed by atoms with van der Waals surface area (Å²) in [4.78, 5) is 0. The van der Waals surface area contributed by atoms with Crippen LogP contribution in [0, 0.1) is 0 Å². The predicted octanol–water partition coefficient (Wildman–Crippen LogP) is 12.1. The number of benzene rings is 1. The van der Waals surface area contributed by atoms with Gasteiger partial charge in [-0.05, 0) is 110 Å². The van der Waals surface area contributed by atoms with Crippen LogP contribution in [0.4, 0.5) is 0 Å². The van der Waals surface area contributed by atoms with Crippen LogP contribution in [0.15, 0.2) is 0 Å². The van der Waals surface area contributed by atoms with Crippen LogP contribution in [0.2, 0.25) is 0 Å². The molecule has 0 aromatic heterocycles. The van der Waals surface area contributed by atoms with Crippen molar-refractivity contribution in [1.82, 2.24) is 0 Å². The summed E-state index contributed by atoms with van der Waals surface area (Å²) in [6, 6.07) is 0. The zero-order valence-electron chi connectivity index (χ0n) is 26.0. The first-order chi connectivity index (χ1) is 17.7. The van der Waals surface area contributed by atoms with Gasteiger partial charge >= 0.3 is 0 Å². The van der Waals surface area contributed by atoms with Gasteiger partial charge in [-0.15, -0.1) is 0 Å². The van der Waals surface area contributed by atoms with Crippen molar-refractivity contribution < 1.29 is 0 Å². The third-order valence-electron chi connectivity index (χ3n) is 8.37. The summed E-state index contributed by atoms with van der Waals surface area (Å²) < 4.78 is 0. The fourth-order valence-corrected chi connectivity index (χ4v) is 6.21. The maximum absolute atomic E-state index is 2.37. The summed E-state index contributed by atoms with van der Waals surface area (Å²) in [5.41, 5.74) is 11.1. The first-order valence-corrected chi connectivity index (χ1v) is 16.9. The molecule has 0 spiro atoms. The Bertz CT molecular complexity index is 485. The second-order valence-corrected chi connectivity index (χ2v) is 11.6. The molecular formula is C36H66. The molecule has 0 saturated heterocycles. The van der Waals surface area contributed by atoms with Gasteiger partial charge in [-0.25, -0.2) is 0 Å². The van der Waals surface area contributed by atoms with Crippen LogP contribution >= 0.6 is 0 Å². The van der Waals surface area contributed by atoms with E-state index in [2.05, 4.69) is 41.5 Å². The van der Waals surface area contributed by atoms with Gasteiger partial charge in [0, 0.05) is 0 Å². The summed E-state index contributed by atoms with van der Waals surface area (Å²) in [6.07, 6.45) is 32.7. The van der Waals surface area contributed by atoms with E-state index in [1.807, 2.05) is 33.4 Å². The van der Waals surface area contributed by atoms with Gasteiger partial charge in [-0.2, -0.15) is 0 Å². The molecule has 0 N–H and O–H groups in total. The van der Waals surface area contributed by atoms with Crippen LogP contribution in [-0.4, -0.2) is 0 Å². The van der Waals surface area contributed by atoms with Gasteiger partial charge in [-0.3, -0.25) is 0 Å². The first kappa shape index (κ1) is 33.2. The second kappa shape index (κ2) is 22.2. The van der Waals surface area contributed by atoms with Crippen molar-refractivity contribution in [3.63, 3.8) is 0 Å². The van der Waals surface area contributed by atoms with Crippen LogP contribution in [0.1, 0.15) is 190 Å². The molecule has 0 nitrogen and oxygen atoms in total. The Morgan fingerprint density at radius 3 is 0.472 bits per heavy atom. The standard InChI is InChI=1S/C36H66/c1-7-13-19-25-31-32(26-20-14-8-2)34(28-22-16-10-4)36(30-24-18-12-6)35(29-23-17-11-5)33(31)27-21-15-9-3/h7-30H2,1-6H3. The van der Waals surface area contributed by atoms with Crippen molar-refractivity contribution in [1.29, 1.82) is 0 Å². The Kier molecular flexibility index (Phi) is 20.5. The van der Waals surface area contributed by atoms with Gasteiger partial charge in [0.15, 0.2) is 0 Å². The molecule has 0 aliphatic heterocycles. The monoisotopic (exact) mass is 499 g/mol. The van der Waals surface area contributed by atoms with E-state index in [1.165, 1.54) is 154 Å². The largest absolute Gasteiger partial charge is 0.0654 e. The normalized spacial score (nSPS) is 11.5. The number of hydrogen-bond acceptors (Lipinski definition) is 0. The van der Waals surface area contributed by atoms with Crippen LogP contribution in [-0.2, 0) is 38.5 Å². The van der Waals surface area contributed by atoms with Crippen LogP contribution in [0.3, 0.4) is 0 Å². The van der Waals surface area contributed by atoms with Gasteiger partial charge in [0.25, 0.3) is 0 Å². The summed E-state index contributed by atoms with van der Waals surface area (Å²) in [6.45, 7) is 14.2. The molecule has 0 radical (unpaired) electrons. The average Bonchev–Trinajstić information content (AvgIpc) is 2.88. The van der Waals surface area contributed by atoms with Crippen LogP contribution in [0.25, 0.3) is 0 Å². The summed E-state index contributed by atoms with van der Waals surface area (Å²) in [5.74, 6) is 0. The van der Waals surface area contributed by atoms with E-state index >= 15 is 0 Å². The van der Waals surface area contributed by atoms with E-state index in [9.17, 15) is 0 Å². The van der Waals surface area contributed by atoms with Crippen molar-refractivity contribution in [2.24, 2.45) is 0 Å². The lowest BCUT2D eigenvalue weighted by atomic mass is 9.77. The molecule has 1 aromatic carbocycles. The minimum atomic E-state index is 1.33. The molecule has 0 heterocycles. The smallest absolute Gasteiger partial charge is 0.0273 e. The third kappa shape index (κ3) is 12.2. The quantitative estimate of drug-likeness (QED) is 0.124. The molecule has 0 saturated carbocycles. The van der Waals surface area contributed by atoms with Gasteiger partial charge in [0.2, 0.25) is 0 Å². The van der Waals surface area contributed by atoms with Gasteiger partial charge < -0.3 is 0 Å². The van der Waals surface area contributed by atoms with Crippen LogP contribution < -0.4 is 0 Å². The molecule has 0 fully saturated rings. The van der Waals surface area contributed by atoms with Crippen molar-refractivity contribution >= 4 is 0 Å². The Labute approximate surface area is 228 Å².